The summed E-state index contributed by atoms with van der Waals surface area (Å²) in [4.78, 5) is 15.3. The van der Waals surface area contributed by atoms with E-state index in [0.29, 0.717) is 35.7 Å². The topological polar surface area (TPSA) is 70.1 Å². The second kappa shape index (κ2) is 6.09. The van der Waals surface area contributed by atoms with E-state index in [1.54, 1.807) is 6.07 Å². The molecule has 1 aromatic heterocycles. The van der Waals surface area contributed by atoms with Crippen molar-refractivity contribution in [2.45, 2.75) is 19.4 Å². The summed E-state index contributed by atoms with van der Waals surface area (Å²) in [6.07, 6.45) is 0.708. The molecule has 0 saturated heterocycles. The van der Waals surface area contributed by atoms with Crippen molar-refractivity contribution in [1.29, 1.82) is 0 Å². The normalized spacial score (nSPS) is 10.9. The minimum atomic E-state index is -0.475. The molecule has 1 heterocycles. The summed E-state index contributed by atoms with van der Waals surface area (Å²) in [5, 5.41) is 0. The third-order valence-electron chi connectivity index (χ3n) is 3.00. The fourth-order valence-electron chi connectivity index (χ4n) is 2.08. The van der Waals surface area contributed by atoms with Crippen LogP contribution in [0.15, 0.2) is 12.1 Å². The number of ether oxygens (including phenoxy) is 1. The van der Waals surface area contributed by atoms with Crippen molar-refractivity contribution >= 4 is 28.5 Å². The van der Waals surface area contributed by atoms with Gasteiger partial charge in [0.25, 0.3) is 0 Å². The highest BCUT2D eigenvalue weighted by Crippen LogP contribution is 2.26. The molecule has 0 spiro atoms. The molecule has 0 unspecified atom stereocenters. The van der Waals surface area contributed by atoms with Crippen LogP contribution in [0.5, 0.6) is 5.75 Å². The zero-order valence-electron chi connectivity index (χ0n) is 11.0. The highest BCUT2D eigenvalue weighted by molar-refractivity contribution is 6.17. The molecule has 7 heteroatoms. The van der Waals surface area contributed by atoms with Gasteiger partial charge in [-0.1, -0.05) is 0 Å². The number of hydrogen-bond donors (Lipinski definition) is 1. The summed E-state index contributed by atoms with van der Waals surface area (Å²) in [6.45, 7) is 0.382. The number of carbonyl (C=O) groups is 1. The van der Waals surface area contributed by atoms with Crippen LogP contribution in [0.4, 0.5) is 4.39 Å². The van der Waals surface area contributed by atoms with E-state index < -0.39 is 11.7 Å². The average molecular weight is 300 g/mol. The van der Waals surface area contributed by atoms with Gasteiger partial charge in [0.1, 0.15) is 5.82 Å². The van der Waals surface area contributed by atoms with Crippen molar-refractivity contribution in [3.8, 4) is 5.75 Å². The third kappa shape index (κ3) is 2.85. The number of methoxy groups -OCH3 is 1. The molecule has 0 radical (unpaired) electrons. The number of aromatic nitrogens is 2. The molecule has 0 bridgehead atoms. The maximum Gasteiger partial charge on any atom is 0.219 e. The van der Waals surface area contributed by atoms with E-state index >= 15 is 0 Å². The lowest BCUT2D eigenvalue weighted by atomic mass is 10.2. The predicted octanol–water partition coefficient (Wildman–Crippen LogP) is 1.84. The molecule has 20 heavy (non-hydrogen) atoms. The van der Waals surface area contributed by atoms with Gasteiger partial charge < -0.3 is 15.0 Å². The molecule has 5 nitrogen and oxygen atoms in total. The van der Waals surface area contributed by atoms with Crippen LogP contribution < -0.4 is 10.5 Å². The number of imidazole rings is 1. The van der Waals surface area contributed by atoms with E-state index in [2.05, 4.69) is 4.98 Å². The molecule has 108 valence electrons. The standard InChI is InChI=1S/C13H15ClFN3O2/c1-20-11-7-10-9(6-8(11)15)17-13(2-4-14)18(10)5-3-12(16)19/h6-7H,2-5H2,1H3,(H2,16,19). The van der Waals surface area contributed by atoms with Crippen molar-refractivity contribution in [3.05, 3.63) is 23.8 Å². The van der Waals surface area contributed by atoms with Gasteiger partial charge in [0.2, 0.25) is 5.91 Å². The Balaban J connectivity index is 2.53. The number of aryl methyl sites for hydroxylation is 2. The van der Waals surface area contributed by atoms with E-state index in [-0.39, 0.29) is 12.2 Å². The van der Waals surface area contributed by atoms with Crippen LogP contribution >= 0.6 is 11.6 Å². The lowest BCUT2D eigenvalue weighted by molar-refractivity contribution is -0.118. The third-order valence-corrected chi connectivity index (χ3v) is 3.19. The van der Waals surface area contributed by atoms with Gasteiger partial charge in [0, 0.05) is 37.4 Å². The molecule has 2 N–H and O–H groups in total. The molecule has 0 fully saturated rings. The van der Waals surface area contributed by atoms with Gasteiger partial charge in [0.05, 0.1) is 18.1 Å². The molecule has 0 atom stereocenters. The zero-order chi connectivity index (χ0) is 14.7. The van der Waals surface area contributed by atoms with Crippen molar-refractivity contribution < 1.29 is 13.9 Å². The number of benzene rings is 1. The monoisotopic (exact) mass is 299 g/mol. The first-order valence-corrected chi connectivity index (χ1v) is 6.67. The molecule has 1 aromatic carbocycles. The molecule has 0 aliphatic carbocycles. The molecule has 2 aromatic rings. The number of amides is 1. The molecular weight excluding hydrogens is 285 g/mol. The van der Waals surface area contributed by atoms with Gasteiger partial charge in [-0.2, -0.15) is 0 Å². The Hall–Kier alpha value is -1.82. The highest BCUT2D eigenvalue weighted by Gasteiger charge is 2.14. The van der Waals surface area contributed by atoms with Gasteiger partial charge in [-0.05, 0) is 0 Å². The number of hydrogen-bond acceptors (Lipinski definition) is 3. The number of halogens is 2. The van der Waals surface area contributed by atoms with Gasteiger partial charge in [-0.25, -0.2) is 9.37 Å². The second-order valence-corrected chi connectivity index (χ2v) is 4.69. The Bertz CT molecular complexity index is 642. The first-order chi connectivity index (χ1) is 9.56. The molecule has 1 amide bonds. The summed E-state index contributed by atoms with van der Waals surface area (Å²) < 4.78 is 20.5. The summed E-state index contributed by atoms with van der Waals surface area (Å²) in [5.74, 6) is 0.341. The number of nitrogens with two attached hydrogens (primary N) is 1. The van der Waals surface area contributed by atoms with Crippen LogP contribution in [0.25, 0.3) is 11.0 Å². The minimum Gasteiger partial charge on any atom is -0.494 e. The Kier molecular flexibility index (Phi) is 4.44. The van der Waals surface area contributed by atoms with E-state index in [1.807, 2.05) is 4.57 Å². The number of fused-ring (bicyclic) bond motifs is 1. The van der Waals surface area contributed by atoms with Gasteiger partial charge in [0.15, 0.2) is 11.6 Å². The van der Waals surface area contributed by atoms with Crippen LogP contribution in [0, 0.1) is 5.82 Å². The van der Waals surface area contributed by atoms with Crippen molar-refractivity contribution in [1.82, 2.24) is 9.55 Å². The smallest absolute Gasteiger partial charge is 0.219 e. The summed E-state index contributed by atoms with van der Waals surface area (Å²) >= 11 is 5.74. The van der Waals surface area contributed by atoms with Crippen molar-refractivity contribution in [3.63, 3.8) is 0 Å². The lowest BCUT2D eigenvalue weighted by Gasteiger charge is -2.08. The second-order valence-electron chi connectivity index (χ2n) is 4.31. The zero-order valence-corrected chi connectivity index (χ0v) is 11.8. The Morgan fingerprint density at radius 1 is 1.55 bits per heavy atom. The van der Waals surface area contributed by atoms with Crippen LogP contribution in [-0.2, 0) is 17.8 Å². The fourth-order valence-corrected chi connectivity index (χ4v) is 2.25. The Morgan fingerprint density at radius 3 is 2.90 bits per heavy atom. The number of carbonyl (C=O) groups excluding carboxylic acids is 1. The molecule has 0 aliphatic heterocycles. The summed E-state index contributed by atoms with van der Waals surface area (Å²) in [5.41, 5.74) is 6.38. The molecule has 2 rings (SSSR count). The van der Waals surface area contributed by atoms with Crippen molar-refractivity contribution in [2.75, 3.05) is 13.0 Å². The summed E-state index contributed by atoms with van der Waals surface area (Å²) in [6, 6.07) is 2.88. The van der Waals surface area contributed by atoms with Crippen LogP contribution in [0.2, 0.25) is 0 Å². The van der Waals surface area contributed by atoms with Gasteiger partial charge >= 0.3 is 0 Å². The molecule has 0 saturated carbocycles. The quantitative estimate of drug-likeness (QED) is 0.827. The number of nitrogens with zero attached hydrogens (tertiary/aromatic N) is 2. The van der Waals surface area contributed by atoms with Crippen LogP contribution in [0.1, 0.15) is 12.2 Å². The Morgan fingerprint density at radius 2 is 2.30 bits per heavy atom. The van der Waals surface area contributed by atoms with Gasteiger partial charge in [-0.3, -0.25) is 4.79 Å². The molecular formula is C13H15ClFN3O2. The number of rotatable bonds is 6. The van der Waals surface area contributed by atoms with E-state index in [0.717, 1.165) is 0 Å². The SMILES string of the molecule is COc1cc2c(cc1F)nc(CCCl)n2CCC(N)=O. The lowest BCUT2D eigenvalue weighted by Crippen LogP contribution is -2.15. The first kappa shape index (κ1) is 14.6. The van der Waals surface area contributed by atoms with E-state index in [4.69, 9.17) is 22.1 Å². The maximum atomic E-state index is 13.7. The number of alkyl halides is 1. The summed E-state index contributed by atoms with van der Waals surface area (Å²) in [7, 11) is 1.40. The highest BCUT2D eigenvalue weighted by atomic mass is 35.5. The predicted molar refractivity (Wildman–Crippen MR) is 74.5 cm³/mol. The number of primary amides is 1. The van der Waals surface area contributed by atoms with E-state index in [1.165, 1.54) is 13.2 Å². The Labute approximate surface area is 120 Å². The molecule has 0 aliphatic rings. The first-order valence-electron chi connectivity index (χ1n) is 6.13. The average Bonchev–Trinajstić information content (AvgIpc) is 2.72. The van der Waals surface area contributed by atoms with Gasteiger partial charge in [-0.15, -0.1) is 11.6 Å². The fraction of sp³-hybridized carbons (Fsp3) is 0.385. The van der Waals surface area contributed by atoms with E-state index in [9.17, 15) is 9.18 Å². The largest absolute Gasteiger partial charge is 0.494 e. The van der Waals surface area contributed by atoms with Crippen LogP contribution in [-0.4, -0.2) is 28.4 Å². The maximum absolute atomic E-state index is 13.7. The van der Waals surface area contributed by atoms with Crippen molar-refractivity contribution in [2.24, 2.45) is 5.73 Å². The van der Waals surface area contributed by atoms with Crippen LogP contribution in [0.3, 0.4) is 0 Å². The minimum absolute atomic E-state index is 0.134.